The Balaban J connectivity index is 1.56. The average Bonchev–Trinajstić information content (AvgIpc) is 3.07. The zero-order valence-corrected chi connectivity index (χ0v) is 15.4. The molecule has 1 aromatic rings. The highest BCUT2D eigenvalue weighted by Gasteiger charge is 2.55. The van der Waals surface area contributed by atoms with E-state index in [4.69, 9.17) is 10.5 Å². The maximum atomic E-state index is 12.7. The van der Waals surface area contributed by atoms with Crippen molar-refractivity contribution in [1.29, 1.82) is 0 Å². The van der Waals surface area contributed by atoms with E-state index < -0.39 is 5.91 Å². The minimum atomic E-state index is -0.517. The number of urea groups is 1. The molecule has 0 aromatic heterocycles. The van der Waals surface area contributed by atoms with Gasteiger partial charge in [-0.25, -0.2) is 4.79 Å². The van der Waals surface area contributed by atoms with Crippen LogP contribution in [-0.4, -0.2) is 36.0 Å². The number of rotatable bonds is 6. The first kappa shape index (κ1) is 18.3. The molecular weight excluding hydrogens is 330 g/mol. The van der Waals surface area contributed by atoms with Crippen LogP contribution in [0.2, 0.25) is 0 Å². The Morgan fingerprint density at radius 1 is 1.35 bits per heavy atom. The standard InChI is InChI=1S/C20H27N3O3/c1-14(2)18-20(8-3-4-9-20)13-23(18)19(25)22-11-15-6-5-7-16(10-15)26-12-17(21)24/h3-7,10,14,18H,8-9,11-13H2,1-2H3,(H2,21,24)(H,22,25). The number of hydrogen-bond acceptors (Lipinski definition) is 3. The SMILES string of the molecule is CC(C)C1N(C(=O)NCc2cccc(OCC(N)=O)c2)CC12CC=CC2. The van der Waals surface area contributed by atoms with Gasteiger partial charge in [0.05, 0.1) is 0 Å². The Bertz CT molecular complexity index is 706. The van der Waals surface area contributed by atoms with Crippen LogP contribution >= 0.6 is 0 Å². The molecule has 6 heteroatoms. The zero-order chi connectivity index (χ0) is 18.7. The van der Waals surface area contributed by atoms with Crippen molar-refractivity contribution in [2.24, 2.45) is 17.1 Å². The van der Waals surface area contributed by atoms with Crippen LogP contribution < -0.4 is 15.8 Å². The van der Waals surface area contributed by atoms with Gasteiger partial charge in [0.15, 0.2) is 6.61 Å². The van der Waals surface area contributed by atoms with Crippen molar-refractivity contribution in [2.45, 2.75) is 39.3 Å². The molecule has 1 atom stereocenters. The summed E-state index contributed by atoms with van der Waals surface area (Å²) in [6, 6.07) is 7.57. The van der Waals surface area contributed by atoms with E-state index in [9.17, 15) is 9.59 Å². The number of benzene rings is 1. The van der Waals surface area contributed by atoms with Crippen molar-refractivity contribution in [3.63, 3.8) is 0 Å². The normalized spacial score (nSPS) is 20.3. The Morgan fingerprint density at radius 2 is 2.08 bits per heavy atom. The molecule has 3 N–H and O–H groups in total. The topological polar surface area (TPSA) is 84.7 Å². The number of nitrogens with one attached hydrogen (secondary N) is 1. The summed E-state index contributed by atoms with van der Waals surface area (Å²) in [6.07, 6.45) is 6.61. The first-order valence-electron chi connectivity index (χ1n) is 9.11. The number of carbonyl (C=O) groups is 2. The number of amides is 3. The zero-order valence-electron chi connectivity index (χ0n) is 15.4. The molecule has 26 heavy (non-hydrogen) atoms. The number of carbonyl (C=O) groups excluding carboxylic acids is 2. The van der Waals surface area contributed by atoms with Crippen LogP contribution in [0.5, 0.6) is 5.75 Å². The summed E-state index contributed by atoms with van der Waals surface area (Å²) < 4.78 is 5.30. The second kappa shape index (κ2) is 7.40. The third-order valence-electron chi connectivity index (χ3n) is 5.28. The lowest BCUT2D eigenvalue weighted by Crippen LogP contribution is -2.68. The predicted molar refractivity (Wildman–Crippen MR) is 99.5 cm³/mol. The smallest absolute Gasteiger partial charge is 0.317 e. The summed E-state index contributed by atoms with van der Waals surface area (Å²) in [7, 11) is 0. The van der Waals surface area contributed by atoms with E-state index in [2.05, 4.69) is 31.3 Å². The lowest BCUT2D eigenvalue weighted by Gasteiger charge is -2.58. The summed E-state index contributed by atoms with van der Waals surface area (Å²) in [5.41, 5.74) is 6.25. The molecular formula is C20H27N3O3. The van der Waals surface area contributed by atoms with E-state index in [0.717, 1.165) is 24.9 Å². The van der Waals surface area contributed by atoms with E-state index >= 15 is 0 Å². The Morgan fingerprint density at radius 3 is 2.73 bits per heavy atom. The summed E-state index contributed by atoms with van der Waals surface area (Å²) in [4.78, 5) is 25.4. The molecule has 6 nitrogen and oxygen atoms in total. The number of primary amides is 1. The van der Waals surface area contributed by atoms with E-state index in [1.165, 1.54) is 0 Å². The van der Waals surface area contributed by atoms with Gasteiger partial charge in [-0.2, -0.15) is 0 Å². The third kappa shape index (κ3) is 3.69. The number of allylic oxidation sites excluding steroid dienone is 2. The fraction of sp³-hybridized carbons (Fsp3) is 0.500. The van der Waals surface area contributed by atoms with Crippen molar-refractivity contribution in [3.05, 3.63) is 42.0 Å². The first-order valence-corrected chi connectivity index (χ1v) is 9.11. The van der Waals surface area contributed by atoms with Crippen molar-refractivity contribution in [1.82, 2.24) is 10.2 Å². The largest absolute Gasteiger partial charge is 0.484 e. The number of ether oxygens (including phenoxy) is 1. The predicted octanol–water partition coefficient (Wildman–Crippen LogP) is 2.44. The highest BCUT2D eigenvalue weighted by molar-refractivity contribution is 5.76. The molecule has 1 fully saturated rings. The van der Waals surface area contributed by atoms with Gasteiger partial charge >= 0.3 is 6.03 Å². The fourth-order valence-electron chi connectivity index (χ4n) is 4.28. The Labute approximate surface area is 154 Å². The van der Waals surface area contributed by atoms with Crippen LogP contribution in [0.15, 0.2) is 36.4 Å². The van der Waals surface area contributed by atoms with Crippen LogP contribution in [0.4, 0.5) is 4.79 Å². The monoisotopic (exact) mass is 357 g/mol. The van der Waals surface area contributed by atoms with Crippen molar-refractivity contribution >= 4 is 11.9 Å². The van der Waals surface area contributed by atoms with Gasteiger partial charge in [0.25, 0.3) is 5.91 Å². The molecule has 2 aliphatic rings. The van der Waals surface area contributed by atoms with Crippen molar-refractivity contribution in [2.75, 3.05) is 13.2 Å². The number of nitrogens with two attached hydrogens (primary N) is 1. The minimum Gasteiger partial charge on any atom is -0.484 e. The molecule has 1 spiro atoms. The minimum absolute atomic E-state index is 0.0234. The highest BCUT2D eigenvalue weighted by Crippen LogP contribution is 2.50. The van der Waals surface area contributed by atoms with Gasteiger partial charge in [-0.1, -0.05) is 38.1 Å². The summed E-state index contributed by atoms with van der Waals surface area (Å²) in [5.74, 6) is 0.479. The molecule has 1 heterocycles. The summed E-state index contributed by atoms with van der Waals surface area (Å²) in [5, 5.41) is 3.00. The molecule has 1 aliphatic carbocycles. The molecule has 0 saturated carbocycles. The van der Waals surface area contributed by atoms with Crippen molar-refractivity contribution in [3.8, 4) is 5.75 Å². The van der Waals surface area contributed by atoms with Gasteiger partial charge in [-0.3, -0.25) is 4.79 Å². The second-order valence-corrected chi connectivity index (χ2v) is 7.62. The second-order valence-electron chi connectivity index (χ2n) is 7.62. The molecule has 1 unspecified atom stereocenters. The van der Waals surface area contributed by atoms with Gasteiger partial charge < -0.3 is 20.7 Å². The van der Waals surface area contributed by atoms with E-state index in [1.54, 1.807) is 6.07 Å². The van der Waals surface area contributed by atoms with Crippen LogP contribution in [0, 0.1) is 11.3 Å². The Kier molecular flexibility index (Phi) is 5.20. The fourth-order valence-corrected chi connectivity index (χ4v) is 4.28. The molecule has 3 amide bonds. The average molecular weight is 357 g/mol. The van der Waals surface area contributed by atoms with Gasteiger partial charge in [0.2, 0.25) is 0 Å². The molecule has 1 aliphatic heterocycles. The van der Waals surface area contributed by atoms with Crippen LogP contribution in [-0.2, 0) is 11.3 Å². The highest BCUT2D eigenvalue weighted by atomic mass is 16.5. The van der Waals surface area contributed by atoms with E-state index in [-0.39, 0.29) is 24.1 Å². The maximum absolute atomic E-state index is 12.7. The number of likely N-dealkylation sites (tertiary alicyclic amines) is 1. The van der Waals surface area contributed by atoms with Crippen LogP contribution in [0.25, 0.3) is 0 Å². The molecule has 0 radical (unpaired) electrons. The summed E-state index contributed by atoms with van der Waals surface area (Å²) in [6.45, 7) is 5.44. The molecule has 1 aromatic carbocycles. The quantitative estimate of drug-likeness (QED) is 0.767. The molecule has 140 valence electrons. The van der Waals surface area contributed by atoms with Gasteiger partial charge in [-0.05, 0) is 36.5 Å². The van der Waals surface area contributed by atoms with Crippen LogP contribution in [0.3, 0.4) is 0 Å². The van der Waals surface area contributed by atoms with Gasteiger partial charge in [-0.15, -0.1) is 0 Å². The van der Waals surface area contributed by atoms with E-state index in [1.807, 2.05) is 23.1 Å². The molecule has 0 bridgehead atoms. The molecule has 1 saturated heterocycles. The van der Waals surface area contributed by atoms with Crippen LogP contribution in [0.1, 0.15) is 32.3 Å². The van der Waals surface area contributed by atoms with Gasteiger partial charge in [0.1, 0.15) is 5.75 Å². The third-order valence-corrected chi connectivity index (χ3v) is 5.28. The summed E-state index contributed by atoms with van der Waals surface area (Å²) >= 11 is 0. The van der Waals surface area contributed by atoms with E-state index in [0.29, 0.717) is 18.2 Å². The lowest BCUT2D eigenvalue weighted by molar-refractivity contribution is -0.119. The van der Waals surface area contributed by atoms with Crippen molar-refractivity contribution < 1.29 is 14.3 Å². The number of hydrogen-bond donors (Lipinski definition) is 2. The number of nitrogens with zero attached hydrogens (tertiary/aromatic N) is 1. The Hall–Kier alpha value is -2.50. The van der Waals surface area contributed by atoms with Gasteiger partial charge in [0, 0.05) is 24.5 Å². The maximum Gasteiger partial charge on any atom is 0.317 e. The lowest BCUT2D eigenvalue weighted by atomic mass is 9.65. The molecule has 3 rings (SSSR count). The first-order chi connectivity index (χ1) is 12.4.